The second-order valence-electron chi connectivity index (χ2n) is 4.75. The molecule has 1 saturated heterocycles. The molecule has 16 heavy (non-hydrogen) atoms. The lowest BCUT2D eigenvalue weighted by Gasteiger charge is -2.36. The molecule has 0 spiro atoms. The second-order valence-corrected chi connectivity index (χ2v) is 4.75. The van der Waals surface area contributed by atoms with E-state index in [1.54, 1.807) is 0 Å². The predicted octanol–water partition coefficient (Wildman–Crippen LogP) is 0.786. The number of hydrogen-bond acceptors (Lipinski definition) is 3. The van der Waals surface area contributed by atoms with E-state index in [0.29, 0.717) is 18.4 Å². The number of hydrogen-bond donors (Lipinski definition) is 1. The number of piperidine rings is 1. The SMILES string of the molecule is O=C(C1CCC1)N1CCC(OCCO)CC1. The number of aliphatic hydroxyl groups is 1. The molecule has 0 aromatic heterocycles. The number of carbonyl (C=O) groups is 1. The van der Waals surface area contributed by atoms with Gasteiger partial charge in [-0.15, -0.1) is 0 Å². The Hall–Kier alpha value is -0.610. The van der Waals surface area contributed by atoms with Crippen molar-refractivity contribution in [1.82, 2.24) is 4.90 Å². The Bertz CT molecular complexity index is 232. The van der Waals surface area contributed by atoms with E-state index in [1.807, 2.05) is 4.90 Å². The maximum Gasteiger partial charge on any atom is 0.225 e. The summed E-state index contributed by atoms with van der Waals surface area (Å²) in [6.07, 6.45) is 5.45. The van der Waals surface area contributed by atoms with E-state index in [9.17, 15) is 4.79 Å². The van der Waals surface area contributed by atoms with Crippen LogP contribution in [0.4, 0.5) is 0 Å². The minimum absolute atomic E-state index is 0.0845. The Morgan fingerprint density at radius 3 is 2.44 bits per heavy atom. The summed E-state index contributed by atoms with van der Waals surface area (Å²) in [4.78, 5) is 13.9. The van der Waals surface area contributed by atoms with Gasteiger partial charge in [0.25, 0.3) is 0 Å². The minimum atomic E-state index is 0.0845. The molecule has 1 aliphatic heterocycles. The maximum absolute atomic E-state index is 11.9. The highest BCUT2D eigenvalue weighted by Gasteiger charge is 2.31. The highest BCUT2D eigenvalue weighted by atomic mass is 16.5. The fraction of sp³-hybridized carbons (Fsp3) is 0.917. The van der Waals surface area contributed by atoms with Crippen molar-refractivity contribution >= 4 is 5.91 Å². The molecule has 2 aliphatic rings. The molecule has 1 aliphatic carbocycles. The number of nitrogens with zero attached hydrogens (tertiary/aromatic N) is 1. The van der Waals surface area contributed by atoms with E-state index >= 15 is 0 Å². The lowest BCUT2D eigenvalue weighted by Crippen LogP contribution is -2.45. The van der Waals surface area contributed by atoms with Crippen LogP contribution in [0.5, 0.6) is 0 Å². The van der Waals surface area contributed by atoms with Crippen molar-refractivity contribution in [3.8, 4) is 0 Å². The number of carbonyl (C=O) groups excluding carboxylic acids is 1. The minimum Gasteiger partial charge on any atom is -0.394 e. The molecule has 2 fully saturated rings. The monoisotopic (exact) mass is 227 g/mol. The summed E-state index contributed by atoms with van der Waals surface area (Å²) in [5, 5.41) is 8.66. The van der Waals surface area contributed by atoms with E-state index in [1.165, 1.54) is 6.42 Å². The number of likely N-dealkylation sites (tertiary alicyclic amines) is 1. The van der Waals surface area contributed by atoms with Gasteiger partial charge in [0, 0.05) is 19.0 Å². The van der Waals surface area contributed by atoms with Crippen LogP contribution < -0.4 is 0 Å². The molecule has 0 bridgehead atoms. The van der Waals surface area contributed by atoms with Gasteiger partial charge in [-0.05, 0) is 25.7 Å². The summed E-state index contributed by atoms with van der Waals surface area (Å²) in [5.74, 6) is 0.668. The molecule has 4 heteroatoms. The smallest absolute Gasteiger partial charge is 0.225 e. The summed E-state index contributed by atoms with van der Waals surface area (Å²) in [7, 11) is 0. The molecule has 1 N–H and O–H groups in total. The van der Waals surface area contributed by atoms with Crippen LogP contribution in [-0.4, -0.2) is 48.3 Å². The average molecular weight is 227 g/mol. The van der Waals surface area contributed by atoms with Crippen LogP contribution in [-0.2, 0) is 9.53 Å². The molecule has 0 aromatic rings. The van der Waals surface area contributed by atoms with Crippen LogP contribution in [0.2, 0.25) is 0 Å². The van der Waals surface area contributed by atoms with E-state index in [2.05, 4.69) is 0 Å². The van der Waals surface area contributed by atoms with Crippen molar-refractivity contribution in [2.24, 2.45) is 5.92 Å². The fourth-order valence-corrected chi connectivity index (χ4v) is 2.38. The van der Waals surface area contributed by atoms with Crippen LogP contribution in [0.25, 0.3) is 0 Å². The molecule has 4 nitrogen and oxygen atoms in total. The molecule has 0 atom stereocenters. The van der Waals surface area contributed by atoms with Crippen LogP contribution >= 0.6 is 0 Å². The van der Waals surface area contributed by atoms with Crippen molar-refractivity contribution in [3.05, 3.63) is 0 Å². The molecular formula is C12H21NO3. The van der Waals surface area contributed by atoms with Crippen LogP contribution in [0.3, 0.4) is 0 Å². The zero-order chi connectivity index (χ0) is 11.4. The third kappa shape index (κ3) is 2.74. The zero-order valence-electron chi connectivity index (χ0n) is 9.73. The summed E-state index contributed by atoms with van der Waals surface area (Å²) in [6, 6.07) is 0. The highest BCUT2D eigenvalue weighted by Crippen LogP contribution is 2.29. The van der Waals surface area contributed by atoms with Gasteiger partial charge in [0.2, 0.25) is 5.91 Å². The zero-order valence-corrected chi connectivity index (χ0v) is 9.73. The quantitative estimate of drug-likeness (QED) is 0.772. The molecule has 1 amide bonds. The fourth-order valence-electron chi connectivity index (χ4n) is 2.38. The first kappa shape index (κ1) is 11.9. The Balaban J connectivity index is 1.69. The van der Waals surface area contributed by atoms with E-state index in [-0.39, 0.29) is 12.7 Å². The molecule has 1 heterocycles. The van der Waals surface area contributed by atoms with Crippen LogP contribution in [0.1, 0.15) is 32.1 Å². The van der Waals surface area contributed by atoms with Gasteiger partial charge in [0.1, 0.15) is 0 Å². The van der Waals surface area contributed by atoms with Gasteiger partial charge in [0.15, 0.2) is 0 Å². The van der Waals surface area contributed by atoms with Crippen molar-refractivity contribution in [1.29, 1.82) is 0 Å². The van der Waals surface area contributed by atoms with E-state index < -0.39 is 0 Å². The van der Waals surface area contributed by atoms with Crippen LogP contribution in [0.15, 0.2) is 0 Å². The first-order chi connectivity index (χ1) is 7.81. The van der Waals surface area contributed by atoms with Crippen molar-refractivity contribution < 1.29 is 14.6 Å². The normalized spacial score (nSPS) is 23.2. The molecule has 0 unspecified atom stereocenters. The summed E-state index contributed by atoms with van der Waals surface area (Å²) in [6.45, 7) is 2.15. The maximum atomic E-state index is 11.9. The number of rotatable bonds is 4. The van der Waals surface area contributed by atoms with Gasteiger partial charge in [-0.2, -0.15) is 0 Å². The van der Waals surface area contributed by atoms with E-state index in [0.717, 1.165) is 38.8 Å². The van der Waals surface area contributed by atoms with Gasteiger partial charge in [-0.1, -0.05) is 6.42 Å². The van der Waals surface area contributed by atoms with E-state index in [4.69, 9.17) is 9.84 Å². The van der Waals surface area contributed by atoms with Gasteiger partial charge in [-0.25, -0.2) is 0 Å². The molecule has 92 valence electrons. The third-order valence-electron chi connectivity index (χ3n) is 3.65. The number of aliphatic hydroxyl groups excluding tert-OH is 1. The number of ether oxygens (including phenoxy) is 1. The summed E-state index contributed by atoms with van der Waals surface area (Å²) < 4.78 is 5.47. The molecule has 2 rings (SSSR count). The Kier molecular flexibility index (Phi) is 4.18. The highest BCUT2D eigenvalue weighted by molar-refractivity contribution is 5.79. The Morgan fingerprint density at radius 2 is 1.94 bits per heavy atom. The average Bonchev–Trinajstić information content (AvgIpc) is 2.24. The van der Waals surface area contributed by atoms with Crippen LogP contribution in [0, 0.1) is 5.92 Å². The first-order valence-electron chi connectivity index (χ1n) is 6.32. The van der Waals surface area contributed by atoms with Crippen molar-refractivity contribution in [3.63, 3.8) is 0 Å². The number of amides is 1. The lowest BCUT2D eigenvalue weighted by atomic mass is 9.84. The first-order valence-corrected chi connectivity index (χ1v) is 6.32. The standard InChI is InChI=1S/C12H21NO3/c14-8-9-16-11-4-6-13(7-5-11)12(15)10-2-1-3-10/h10-11,14H,1-9H2. The van der Waals surface area contributed by atoms with Gasteiger partial charge < -0.3 is 14.7 Å². The van der Waals surface area contributed by atoms with Gasteiger partial charge in [0.05, 0.1) is 19.3 Å². The predicted molar refractivity (Wildman–Crippen MR) is 60.0 cm³/mol. The molecular weight excluding hydrogens is 206 g/mol. The molecule has 1 saturated carbocycles. The van der Waals surface area contributed by atoms with Crippen molar-refractivity contribution in [2.45, 2.75) is 38.2 Å². The Morgan fingerprint density at radius 1 is 1.25 bits per heavy atom. The second kappa shape index (κ2) is 5.64. The largest absolute Gasteiger partial charge is 0.394 e. The third-order valence-corrected chi connectivity index (χ3v) is 3.65. The van der Waals surface area contributed by atoms with Gasteiger partial charge >= 0.3 is 0 Å². The lowest BCUT2D eigenvalue weighted by molar-refractivity contribution is -0.140. The molecule has 0 radical (unpaired) electrons. The Labute approximate surface area is 96.6 Å². The summed E-state index contributed by atoms with van der Waals surface area (Å²) in [5.41, 5.74) is 0. The topological polar surface area (TPSA) is 49.8 Å². The molecule has 0 aromatic carbocycles. The van der Waals surface area contributed by atoms with Crippen molar-refractivity contribution in [2.75, 3.05) is 26.3 Å². The summed E-state index contributed by atoms with van der Waals surface area (Å²) >= 11 is 0. The van der Waals surface area contributed by atoms with Gasteiger partial charge in [-0.3, -0.25) is 4.79 Å².